The summed E-state index contributed by atoms with van der Waals surface area (Å²) < 4.78 is 14.6. The van der Waals surface area contributed by atoms with E-state index in [4.69, 9.17) is 8.75 Å². The number of hydrogen-bond donors (Lipinski definition) is 0. The van der Waals surface area contributed by atoms with E-state index in [-0.39, 0.29) is 0 Å². The molecular formula is C44H30N4S. The second kappa shape index (κ2) is 10.7. The smallest absolute Gasteiger partial charge is 0.113 e. The van der Waals surface area contributed by atoms with Crippen molar-refractivity contribution in [1.29, 1.82) is 0 Å². The highest BCUT2D eigenvalue weighted by Gasteiger charge is 2.22. The van der Waals surface area contributed by atoms with Gasteiger partial charge in [0.25, 0.3) is 0 Å². The van der Waals surface area contributed by atoms with Crippen molar-refractivity contribution in [3.63, 3.8) is 0 Å². The van der Waals surface area contributed by atoms with Gasteiger partial charge >= 0.3 is 0 Å². The van der Waals surface area contributed by atoms with Crippen LogP contribution in [0.3, 0.4) is 0 Å². The molecule has 7 aromatic carbocycles. The summed E-state index contributed by atoms with van der Waals surface area (Å²) in [5, 5.41) is 4.94. The number of rotatable bonds is 4. The summed E-state index contributed by atoms with van der Waals surface area (Å²) in [5.74, 6) is 0. The molecule has 10 rings (SSSR count). The van der Waals surface area contributed by atoms with Crippen LogP contribution >= 0.6 is 11.7 Å². The van der Waals surface area contributed by atoms with E-state index in [0.717, 1.165) is 44.7 Å². The molecule has 0 aliphatic carbocycles. The number of hydrogen-bond acceptors (Lipinski definition) is 3. The van der Waals surface area contributed by atoms with Crippen LogP contribution in [0, 0.1) is 13.8 Å². The van der Waals surface area contributed by atoms with Crippen molar-refractivity contribution >= 4 is 66.4 Å². The van der Waals surface area contributed by atoms with Crippen LogP contribution in [0.15, 0.2) is 146 Å². The summed E-state index contributed by atoms with van der Waals surface area (Å²) in [6.45, 7) is 4.48. The first kappa shape index (κ1) is 28.0. The van der Waals surface area contributed by atoms with Crippen LogP contribution in [0.5, 0.6) is 0 Å². The maximum atomic E-state index is 4.96. The third-order valence-electron chi connectivity index (χ3n) is 10.2. The third-order valence-corrected chi connectivity index (χ3v) is 10.8. The summed E-state index contributed by atoms with van der Waals surface area (Å²) in [6.07, 6.45) is 0. The Bertz CT molecular complexity index is 2700. The number of aromatic nitrogens is 4. The van der Waals surface area contributed by atoms with Crippen molar-refractivity contribution in [1.82, 2.24) is 17.9 Å². The standard InChI is InChI=1S/C44H30N4S/c1-27-28(2)42(30-22-24-40-36(26-30)34-18-10-12-20-38(34)48(40)32-15-7-4-8-16-32)44-43(45-49-46-44)41(27)29-21-23-39-35(25-29)33-17-9-11-19-37(33)47(39)31-13-5-3-6-14-31/h3-26H,1-2H3. The van der Waals surface area contributed by atoms with Crippen molar-refractivity contribution in [2.75, 3.05) is 0 Å². The Labute approximate surface area is 287 Å². The molecule has 0 unspecified atom stereocenters. The van der Waals surface area contributed by atoms with Gasteiger partial charge in [-0.25, -0.2) is 0 Å². The van der Waals surface area contributed by atoms with Crippen molar-refractivity contribution in [3.8, 4) is 33.6 Å². The number of fused-ring (bicyclic) bond motifs is 7. The second-order valence-corrected chi connectivity index (χ2v) is 13.3. The number of para-hydroxylation sites is 4. The monoisotopic (exact) mass is 646 g/mol. The Balaban J connectivity index is 1.18. The average Bonchev–Trinajstić information content (AvgIpc) is 3.85. The Morgan fingerprint density at radius 2 is 0.796 bits per heavy atom. The van der Waals surface area contributed by atoms with Gasteiger partial charge in [-0.15, -0.1) is 0 Å². The maximum absolute atomic E-state index is 4.96. The molecule has 49 heavy (non-hydrogen) atoms. The van der Waals surface area contributed by atoms with E-state index in [9.17, 15) is 0 Å². The molecule has 3 heterocycles. The van der Waals surface area contributed by atoms with E-state index in [1.165, 1.54) is 66.5 Å². The lowest BCUT2D eigenvalue weighted by Crippen LogP contribution is -1.96. The predicted octanol–water partition coefficient (Wildman–Crippen LogP) is 11.8. The van der Waals surface area contributed by atoms with Gasteiger partial charge in [0.15, 0.2) is 0 Å². The van der Waals surface area contributed by atoms with Crippen molar-refractivity contribution in [2.45, 2.75) is 13.8 Å². The molecule has 5 heteroatoms. The van der Waals surface area contributed by atoms with Gasteiger partial charge in [-0.2, -0.15) is 8.75 Å². The third kappa shape index (κ3) is 4.09. The van der Waals surface area contributed by atoms with Gasteiger partial charge in [-0.3, -0.25) is 0 Å². The largest absolute Gasteiger partial charge is 0.309 e. The Morgan fingerprint density at radius 3 is 1.24 bits per heavy atom. The van der Waals surface area contributed by atoms with E-state index < -0.39 is 0 Å². The quantitative estimate of drug-likeness (QED) is 0.191. The van der Waals surface area contributed by atoms with Gasteiger partial charge in [-0.05, 0) is 96.8 Å². The minimum atomic E-state index is 0.959. The Morgan fingerprint density at radius 1 is 0.408 bits per heavy atom. The van der Waals surface area contributed by atoms with E-state index in [2.05, 4.69) is 169 Å². The lowest BCUT2D eigenvalue weighted by Gasteiger charge is -2.16. The molecule has 0 saturated carbocycles. The van der Waals surface area contributed by atoms with Crippen LogP contribution in [0.4, 0.5) is 0 Å². The molecule has 0 radical (unpaired) electrons. The first-order valence-corrected chi connectivity index (χ1v) is 17.3. The summed E-state index contributed by atoms with van der Waals surface area (Å²) in [5.41, 5.74) is 16.1. The van der Waals surface area contributed by atoms with Crippen LogP contribution in [0.1, 0.15) is 11.1 Å². The van der Waals surface area contributed by atoms with Crippen LogP contribution in [0.2, 0.25) is 0 Å². The molecule has 0 spiro atoms. The molecule has 0 aliphatic rings. The molecule has 0 aliphatic heterocycles. The molecule has 3 aromatic heterocycles. The van der Waals surface area contributed by atoms with E-state index in [0.29, 0.717) is 0 Å². The van der Waals surface area contributed by atoms with E-state index >= 15 is 0 Å². The minimum Gasteiger partial charge on any atom is -0.309 e. The normalized spacial score (nSPS) is 11.9. The summed E-state index contributed by atoms with van der Waals surface area (Å²) in [7, 11) is 0. The summed E-state index contributed by atoms with van der Waals surface area (Å²) in [4.78, 5) is 0. The number of benzene rings is 7. The summed E-state index contributed by atoms with van der Waals surface area (Å²) in [6, 6.07) is 52.4. The van der Waals surface area contributed by atoms with Crippen molar-refractivity contribution in [3.05, 3.63) is 157 Å². The van der Waals surface area contributed by atoms with Gasteiger partial charge in [-0.1, -0.05) is 84.9 Å². The van der Waals surface area contributed by atoms with Gasteiger partial charge in [0, 0.05) is 44.0 Å². The molecule has 0 N–H and O–H groups in total. The van der Waals surface area contributed by atoms with Crippen LogP contribution in [0.25, 0.3) is 88.3 Å². The summed E-state index contributed by atoms with van der Waals surface area (Å²) >= 11 is 1.29. The zero-order valence-electron chi connectivity index (χ0n) is 27.1. The van der Waals surface area contributed by atoms with Crippen LogP contribution < -0.4 is 0 Å². The van der Waals surface area contributed by atoms with Crippen molar-refractivity contribution in [2.24, 2.45) is 0 Å². The fraction of sp³-hybridized carbons (Fsp3) is 0.0455. The maximum Gasteiger partial charge on any atom is 0.113 e. The fourth-order valence-electron chi connectivity index (χ4n) is 7.92. The molecule has 0 fully saturated rings. The topological polar surface area (TPSA) is 35.6 Å². The molecule has 0 atom stereocenters. The van der Waals surface area contributed by atoms with Gasteiger partial charge in [0.1, 0.15) is 11.0 Å². The van der Waals surface area contributed by atoms with Crippen LogP contribution in [-0.2, 0) is 0 Å². The zero-order valence-corrected chi connectivity index (χ0v) is 27.9. The molecular weight excluding hydrogens is 617 g/mol. The van der Waals surface area contributed by atoms with Gasteiger partial charge in [0.2, 0.25) is 0 Å². The number of nitrogens with zero attached hydrogens (tertiary/aromatic N) is 4. The lowest BCUT2D eigenvalue weighted by atomic mass is 9.88. The highest BCUT2D eigenvalue weighted by atomic mass is 32.1. The van der Waals surface area contributed by atoms with Crippen molar-refractivity contribution < 1.29 is 0 Å². The first-order chi connectivity index (χ1) is 24.2. The molecule has 10 aromatic rings. The molecule has 0 saturated heterocycles. The van der Waals surface area contributed by atoms with Crippen LogP contribution in [-0.4, -0.2) is 17.9 Å². The lowest BCUT2D eigenvalue weighted by molar-refractivity contribution is 1.18. The first-order valence-electron chi connectivity index (χ1n) is 16.6. The molecule has 4 nitrogen and oxygen atoms in total. The SMILES string of the molecule is Cc1c(C)c(-c2ccc3c(c2)c2ccccc2n3-c2ccccc2)c2nsnc2c1-c1ccc2c(c1)c1ccccc1n2-c1ccccc1. The van der Waals surface area contributed by atoms with E-state index in [1.54, 1.807) is 0 Å². The molecule has 0 bridgehead atoms. The van der Waals surface area contributed by atoms with Gasteiger partial charge < -0.3 is 9.13 Å². The fourth-order valence-corrected chi connectivity index (χ4v) is 8.48. The zero-order chi connectivity index (χ0) is 32.6. The minimum absolute atomic E-state index is 0.959. The highest BCUT2D eigenvalue weighted by Crippen LogP contribution is 2.44. The average molecular weight is 647 g/mol. The van der Waals surface area contributed by atoms with E-state index in [1.807, 2.05) is 0 Å². The second-order valence-electron chi connectivity index (χ2n) is 12.8. The molecule has 0 amide bonds. The Kier molecular flexibility index (Phi) is 6.14. The van der Waals surface area contributed by atoms with Gasteiger partial charge in [0.05, 0.1) is 33.8 Å². The molecule has 232 valence electrons. The highest BCUT2D eigenvalue weighted by molar-refractivity contribution is 7.00. The predicted molar refractivity (Wildman–Crippen MR) is 206 cm³/mol. The Hall–Kier alpha value is -6.04.